The summed E-state index contributed by atoms with van der Waals surface area (Å²) in [7, 11) is -4.17. The van der Waals surface area contributed by atoms with E-state index in [-0.39, 0.29) is 17.9 Å². The molecule has 0 bridgehead atoms. The average molecular weight is 331 g/mol. The van der Waals surface area contributed by atoms with Crippen molar-refractivity contribution < 1.29 is 28.0 Å². The molecule has 1 atom stereocenters. The largest absolute Gasteiger partial charge is 0.478 e. The monoisotopic (exact) mass is 331 g/mol. The summed E-state index contributed by atoms with van der Waals surface area (Å²) in [5, 5.41) is 20.5. The highest BCUT2D eigenvalue weighted by Crippen LogP contribution is 2.30. The first-order valence-electron chi connectivity index (χ1n) is 6.53. The lowest BCUT2D eigenvalue weighted by molar-refractivity contribution is -0.385. The molecule has 9 heteroatoms. The molecule has 0 saturated carbocycles. The van der Waals surface area contributed by atoms with Crippen molar-refractivity contribution in [2.24, 2.45) is 0 Å². The quantitative estimate of drug-likeness (QED) is 0.563. The van der Waals surface area contributed by atoms with Crippen LogP contribution in [-0.2, 0) is 25.8 Å². The Morgan fingerprint density at radius 1 is 1.36 bits per heavy atom. The van der Waals surface area contributed by atoms with Crippen LogP contribution in [0, 0.1) is 10.1 Å². The molecule has 1 aromatic rings. The Morgan fingerprint density at radius 2 is 1.95 bits per heavy atom. The number of nitro groups is 1. The number of nitro benzene ring substituents is 1. The Hall–Kier alpha value is -2.00. The van der Waals surface area contributed by atoms with Gasteiger partial charge in [0.05, 0.1) is 10.7 Å². The zero-order valence-corrected chi connectivity index (χ0v) is 13.0. The molecule has 1 N–H and O–H groups in total. The first kappa shape index (κ1) is 18.1. The SMILES string of the molecule is CCOC(Cc1ccccc1[N+](=O)[O-])(C(=O)O)S(=O)(=O)CC. The van der Waals surface area contributed by atoms with Crippen molar-refractivity contribution in [3.63, 3.8) is 0 Å². The van der Waals surface area contributed by atoms with Gasteiger partial charge in [0.25, 0.3) is 10.6 Å². The van der Waals surface area contributed by atoms with E-state index in [0.717, 1.165) is 0 Å². The van der Waals surface area contributed by atoms with Gasteiger partial charge in [0, 0.05) is 24.7 Å². The second-order valence-electron chi connectivity index (χ2n) is 4.46. The highest BCUT2D eigenvalue weighted by atomic mass is 32.2. The maximum absolute atomic E-state index is 12.3. The van der Waals surface area contributed by atoms with Crippen LogP contribution in [0.25, 0.3) is 0 Å². The Kier molecular flexibility index (Phi) is 5.61. The summed E-state index contributed by atoms with van der Waals surface area (Å²) in [5.74, 6) is -2.14. The van der Waals surface area contributed by atoms with E-state index < -0.39 is 37.8 Å². The van der Waals surface area contributed by atoms with Gasteiger partial charge in [-0.15, -0.1) is 0 Å². The van der Waals surface area contributed by atoms with Gasteiger partial charge in [0.15, 0.2) is 9.84 Å². The second kappa shape index (κ2) is 6.84. The van der Waals surface area contributed by atoms with E-state index >= 15 is 0 Å². The third kappa shape index (κ3) is 3.25. The Morgan fingerprint density at radius 3 is 2.41 bits per heavy atom. The maximum Gasteiger partial charge on any atom is 0.352 e. The predicted molar refractivity (Wildman–Crippen MR) is 78.3 cm³/mol. The van der Waals surface area contributed by atoms with Gasteiger partial charge in [-0.1, -0.05) is 25.1 Å². The number of hydrogen-bond acceptors (Lipinski definition) is 6. The van der Waals surface area contributed by atoms with E-state index in [4.69, 9.17) is 4.74 Å². The van der Waals surface area contributed by atoms with Gasteiger partial charge in [-0.05, 0) is 6.92 Å². The molecule has 0 spiro atoms. The number of sulfone groups is 1. The minimum absolute atomic E-state index is 0.0135. The van der Waals surface area contributed by atoms with Gasteiger partial charge >= 0.3 is 5.97 Å². The fourth-order valence-electron chi connectivity index (χ4n) is 2.08. The van der Waals surface area contributed by atoms with Gasteiger partial charge in [-0.3, -0.25) is 10.1 Å². The number of para-hydroxylation sites is 1. The van der Waals surface area contributed by atoms with Crippen LogP contribution < -0.4 is 0 Å². The minimum Gasteiger partial charge on any atom is -0.478 e. The van der Waals surface area contributed by atoms with E-state index in [2.05, 4.69) is 0 Å². The van der Waals surface area contributed by atoms with Crippen molar-refractivity contribution in [2.75, 3.05) is 12.4 Å². The van der Waals surface area contributed by atoms with Gasteiger partial charge < -0.3 is 9.84 Å². The molecule has 0 aliphatic rings. The molecule has 0 aliphatic heterocycles. The normalized spacial score (nSPS) is 14.3. The fourth-order valence-corrected chi connectivity index (χ4v) is 3.48. The summed E-state index contributed by atoms with van der Waals surface area (Å²) in [5.41, 5.74) is -0.362. The van der Waals surface area contributed by atoms with Crippen LogP contribution in [0.4, 0.5) is 5.69 Å². The van der Waals surface area contributed by atoms with Crippen LogP contribution in [-0.4, -0.2) is 41.7 Å². The molecular formula is C13H17NO7S. The third-order valence-electron chi connectivity index (χ3n) is 3.20. The van der Waals surface area contributed by atoms with Crippen LogP contribution in [0.3, 0.4) is 0 Å². The number of nitrogens with zero attached hydrogens (tertiary/aromatic N) is 1. The van der Waals surface area contributed by atoms with Crippen molar-refractivity contribution in [3.8, 4) is 0 Å². The molecule has 22 heavy (non-hydrogen) atoms. The number of aliphatic carboxylic acids is 1. The molecule has 122 valence electrons. The molecule has 0 fully saturated rings. The van der Waals surface area contributed by atoms with Crippen molar-refractivity contribution >= 4 is 21.5 Å². The van der Waals surface area contributed by atoms with Crippen LogP contribution >= 0.6 is 0 Å². The molecule has 1 aromatic carbocycles. The summed E-state index contributed by atoms with van der Waals surface area (Å²) in [6.07, 6.45) is -0.635. The van der Waals surface area contributed by atoms with Crippen LogP contribution in [0.15, 0.2) is 24.3 Å². The topological polar surface area (TPSA) is 124 Å². The molecule has 0 saturated heterocycles. The zero-order valence-electron chi connectivity index (χ0n) is 12.2. The number of rotatable bonds is 8. The van der Waals surface area contributed by atoms with Gasteiger partial charge in [0.1, 0.15) is 0 Å². The van der Waals surface area contributed by atoms with Crippen LogP contribution in [0.2, 0.25) is 0 Å². The Labute approximate surface area is 127 Å². The predicted octanol–water partition coefficient (Wildman–Crippen LogP) is 1.39. The molecule has 0 aromatic heterocycles. The molecule has 0 amide bonds. The van der Waals surface area contributed by atoms with Gasteiger partial charge in [0.2, 0.25) is 0 Å². The lowest BCUT2D eigenvalue weighted by Gasteiger charge is -2.28. The molecule has 1 unspecified atom stereocenters. The maximum atomic E-state index is 12.3. The van der Waals surface area contributed by atoms with Crippen LogP contribution in [0.5, 0.6) is 0 Å². The van der Waals surface area contributed by atoms with Crippen molar-refractivity contribution in [3.05, 3.63) is 39.9 Å². The first-order valence-corrected chi connectivity index (χ1v) is 8.19. The highest BCUT2D eigenvalue weighted by Gasteiger charge is 2.52. The van der Waals surface area contributed by atoms with E-state index in [9.17, 15) is 28.4 Å². The molecule has 1 rings (SSSR count). The van der Waals surface area contributed by atoms with E-state index in [1.165, 1.54) is 38.1 Å². The van der Waals surface area contributed by atoms with Crippen molar-refractivity contribution in [1.29, 1.82) is 0 Å². The first-order chi connectivity index (χ1) is 10.2. The average Bonchev–Trinajstić information content (AvgIpc) is 2.46. The lowest BCUT2D eigenvalue weighted by atomic mass is 10.1. The summed E-state index contributed by atoms with van der Waals surface area (Å²) < 4.78 is 29.6. The molecule has 8 nitrogen and oxygen atoms in total. The highest BCUT2D eigenvalue weighted by molar-refractivity contribution is 7.93. The Bertz CT molecular complexity index is 671. The molecule has 0 aliphatic carbocycles. The van der Waals surface area contributed by atoms with Gasteiger partial charge in [-0.2, -0.15) is 0 Å². The van der Waals surface area contributed by atoms with E-state index in [0.29, 0.717) is 0 Å². The summed E-state index contributed by atoms with van der Waals surface area (Å²) in [6.45, 7) is 2.60. The molecule has 0 heterocycles. The number of carboxylic acid groups (broad SMARTS) is 1. The summed E-state index contributed by atoms with van der Waals surface area (Å²) in [6, 6.07) is 5.39. The molecular weight excluding hydrogens is 314 g/mol. The fraction of sp³-hybridized carbons (Fsp3) is 0.462. The lowest BCUT2D eigenvalue weighted by Crippen LogP contribution is -2.51. The van der Waals surface area contributed by atoms with Crippen molar-refractivity contribution in [2.45, 2.75) is 25.2 Å². The summed E-state index contributed by atoms with van der Waals surface area (Å²) >= 11 is 0. The minimum atomic E-state index is -4.17. The van der Waals surface area contributed by atoms with Crippen molar-refractivity contribution in [1.82, 2.24) is 0 Å². The van der Waals surface area contributed by atoms with E-state index in [1.807, 2.05) is 0 Å². The van der Waals surface area contributed by atoms with Gasteiger partial charge in [-0.25, -0.2) is 13.2 Å². The number of carbonyl (C=O) groups is 1. The van der Waals surface area contributed by atoms with E-state index in [1.54, 1.807) is 0 Å². The number of carboxylic acids is 1. The second-order valence-corrected chi connectivity index (χ2v) is 6.92. The Balaban J connectivity index is 3.49. The number of hydrogen-bond donors (Lipinski definition) is 1. The standard InChI is InChI=1S/C13H17NO7S/c1-3-21-13(12(15)16,22(19,20)4-2)9-10-7-5-6-8-11(10)14(17)18/h5-8H,3-4,9H2,1-2H3,(H,15,16). The van der Waals surface area contributed by atoms with Crippen LogP contribution in [0.1, 0.15) is 19.4 Å². The molecule has 0 radical (unpaired) electrons. The third-order valence-corrected chi connectivity index (χ3v) is 5.40. The summed E-state index contributed by atoms with van der Waals surface area (Å²) in [4.78, 5) is 19.4. The number of ether oxygens (including phenoxy) is 1. The zero-order chi connectivity index (χ0) is 17.0. The number of benzene rings is 1. The smallest absolute Gasteiger partial charge is 0.352 e.